The Morgan fingerprint density at radius 2 is 2.62 bits per heavy atom. The summed E-state index contributed by atoms with van der Waals surface area (Å²) in [4.78, 5) is 11.3. The van der Waals surface area contributed by atoms with Crippen molar-refractivity contribution in [3.63, 3.8) is 0 Å². The third kappa shape index (κ3) is 1.39. The van der Waals surface area contributed by atoms with Crippen LogP contribution in [0, 0.1) is 5.92 Å². The molecular formula is C10H12FNO. The Hall–Kier alpha value is -1.12. The van der Waals surface area contributed by atoms with Gasteiger partial charge in [-0.1, -0.05) is 12.2 Å². The van der Waals surface area contributed by atoms with Crippen molar-refractivity contribution in [2.24, 2.45) is 5.92 Å². The van der Waals surface area contributed by atoms with Gasteiger partial charge in [0.15, 0.2) is 0 Å². The summed E-state index contributed by atoms with van der Waals surface area (Å²) in [7, 11) is 0. The van der Waals surface area contributed by atoms with E-state index in [0.717, 1.165) is 0 Å². The number of halogens is 1. The average molecular weight is 181 g/mol. The van der Waals surface area contributed by atoms with Crippen LogP contribution in [-0.4, -0.2) is 18.1 Å². The molecule has 2 rings (SSSR count). The SMILES string of the molecule is CCNC(=O)C1=CC2CC2(F)C=C1. The number of hydrogen-bond donors (Lipinski definition) is 1. The van der Waals surface area contributed by atoms with Crippen LogP contribution in [0.4, 0.5) is 4.39 Å². The molecule has 0 saturated heterocycles. The molecule has 0 radical (unpaired) electrons. The quantitative estimate of drug-likeness (QED) is 0.684. The fourth-order valence-electron chi connectivity index (χ4n) is 1.58. The predicted octanol–water partition coefficient (Wildman–Crippen LogP) is 1.35. The monoisotopic (exact) mass is 181 g/mol. The molecule has 2 nitrogen and oxygen atoms in total. The molecule has 0 spiro atoms. The van der Waals surface area contributed by atoms with Gasteiger partial charge >= 0.3 is 0 Å². The zero-order chi connectivity index (χ0) is 9.47. The van der Waals surface area contributed by atoms with Gasteiger partial charge in [-0.15, -0.1) is 0 Å². The first-order chi connectivity index (χ1) is 6.15. The molecule has 1 amide bonds. The van der Waals surface area contributed by atoms with E-state index in [2.05, 4.69) is 5.32 Å². The van der Waals surface area contributed by atoms with Crippen LogP contribution in [0.2, 0.25) is 0 Å². The molecule has 0 heterocycles. The average Bonchev–Trinajstić information content (AvgIpc) is 2.75. The van der Waals surface area contributed by atoms with Crippen LogP contribution in [0.15, 0.2) is 23.8 Å². The number of carbonyl (C=O) groups excluding carboxylic acids is 1. The lowest BCUT2D eigenvalue weighted by Crippen LogP contribution is -2.24. The first-order valence-electron chi connectivity index (χ1n) is 4.54. The second kappa shape index (κ2) is 2.69. The first kappa shape index (κ1) is 8.48. The minimum absolute atomic E-state index is 0.0601. The van der Waals surface area contributed by atoms with Gasteiger partial charge < -0.3 is 5.32 Å². The van der Waals surface area contributed by atoms with Crippen LogP contribution in [0.1, 0.15) is 13.3 Å². The maximum atomic E-state index is 13.3. The zero-order valence-corrected chi connectivity index (χ0v) is 7.51. The summed E-state index contributed by atoms with van der Waals surface area (Å²) in [5.41, 5.74) is -0.534. The van der Waals surface area contributed by atoms with Gasteiger partial charge in [0.25, 0.3) is 5.91 Å². The minimum Gasteiger partial charge on any atom is -0.352 e. The lowest BCUT2D eigenvalue weighted by atomic mass is 10.1. The van der Waals surface area contributed by atoms with Gasteiger partial charge in [0.1, 0.15) is 5.67 Å². The number of alkyl halides is 1. The summed E-state index contributed by atoms with van der Waals surface area (Å²) in [6, 6.07) is 0. The summed E-state index contributed by atoms with van der Waals surface area (Å²) in [5, 5.41) is 2.69. The highest BCUT2D eigenvalue weighted by Gasteiger charge is 2.53. The largest absolute Gasteiger partial charge is 0.352 e. The van der Waals surface area contributed by atoms with Crippen molar-refractivity contribution in [3.05, 3.63) is 23.8 Å². The summed E-state index contributed by atoms with van der Waals surface area (Å²) < 4.78 is 13.3. The van der Waals surface area contributed by atoms with E-state index in [1.807, 2.05) is 6.92 Å². The van der Waals surface area contributed by atoms with Crippen molar-refractivity contribution in [1.29, 1.82) is 0 Å². The van der Waals surface area contributed by atoms with Crippen LogP contribution in [0.3, 0.4) is 0 Å². The van der Waals surface area contributed by atoms with Gasteiger partial charge in [-0.2, -0.15) is 0 Å². The fraction of sp³-hybridized carbons (Fsp3) is 0.500. The van der Waals surface area contributed by atoms with Gasteiger partial charge in [-0.25, -0.2) is 4.39 Å². The van der Waals surface area contributed by atoms with Crippen LogP contribution < -0.4 is 5.32 Å². The van der Waals surface area contributed by atoms with Gasteiger partial charge in [0.2, 0.25) is 0 Å². The Labute approximate surface area is 76.5 Å². The summed E-state index contributed by atoms with van der Waals surface area (Å²) in [6.07, 6.45) is 5.34. The van der Waals surface area contributed by atoms with Crippen molar-refractivity contribution in [1.82, 2.24) is 5.32 Å². The summed E-state index contributed by atoms with van der Waals surface area (Å²) >= 11 is 0. The van der Waals surface area contributed by atoms with E-state index in [0.29, 0.717) is 18.5 Å². The Morgan fingerprint density at radius 3 is 3.23 bits per heavy atom. The highest BCUT2D eigenvalue weighted by atomic mass is 19.1. The Morgan fingerprint density at radius 1 is 1.85 bits per heavy atom. The number of amides is 1. The number of hydrogen-bond acceptors (Lipinski definition) is 1. The smallest absolute Gasteiger partial charge is 0.250 e. The number of allylic oxidation sites excluding steroid dienone is 2. The highest BCUT2D eigenvalue weighted by Crippen LogP contribution is 2.52. The first-order valence-corrected chi connectivity index (χ1v) is 4.54. The van der Waals surface area contributed by atoms with E-state index in [-0.39, 0.29) is 11.8 Å². The van der Waals surface area contributed by atoms with Crippen LogP contribution in [0.25, 0.3) is 0 Å². The number of nitrogens with one attached hydrogen (secondary N) is 1. The van der Waals surface area contributed by atoms with Crippen LogP contribution in [0.5, 0.6) is 0 Å². The van der Waals surface area contributed by atoms with Gasteiger partial charge in [0.05, 0.1) is 0 Å². The van der Waals surface area contributed by atoms with E-state index in [4.69, 9.17) is 0 Å². The molecule has 2 atom stereocenters. The molecular weight excluding hydrogens is 169 g/mol. The Kier molecular flexibility index (Phi) is 1.75. The second-order valence-corrected chi connectivity index (χ2v) is 3.55. The molecule has 0 aromatic rings. The summed E-state index contributed by atoms with van der Waals surface area (Å²) in [6.45, 7) is 2.47. The third-order valence-electron chi connectivity index (χ3n) is 2.51. The number of fused-ring (bicyclic) bond motifs is 1. The molecule has 0 aromatic heterocycles. The molecule has 70 valence electrons. The molecule has 1 N–H and O–H groups in total. The molecule has 13 heavy (non-hydrogen) atoms. The zero-order valence-electron chi connectivity index (χ0n) is 7.51. The Balaban J connectivity index is 2.07. The standard InChI is InChI=1S/C10H12FNO/c1-2-12-9(13)7-3-4-10(11)6-8(10)5-7/h3-5,8H,2,6H2,1H3,(H,12,13). The van der Waals surface area contributed by atoms with Crippen molar-refractivity contribution < 1.29 is 9.18 Å². The summed E-state index contributed by atoms with van der Waals surface area (Å²) in [5.74, 6) is -0.164. The number of rotatable bonds is 2. The minimum atomic E-state index is -1.13. The van der Waals surface area contributed by atoms with Gasteiger partial charge in [0, 0.05) is 18.0 Å². The number of likely N-dealkylation sites (N-methyl/N-ethyl adjacent to an activating group) is 1. The molecule has 1 fully saturated rings. The molecule has 1 saturated carbocycles. The van der Waals surface area contributed by atoms with E-state index in [9.17, 15) is 9.18 Å². The third-order valence-corrected chi connectivity index (χ3v) is 2.51. The Bertz CT molecular complexity index is 308. The van der Waals surface area contributed by atoms with Gasteiger partial charge in [-0.05, 0) is 19.4 Å². The van der Waals surface area contributed by atoms with Crippen molar-refractivity contribution in [3.8, 4) is 0 Å². The second-order valence-electron chi connectivity index (χ2n) is 3.55. The molecule has 0 bridgehead atoms. The lowest BCUT2D eigenvalue weighted by Gasteiger charge is -2.08. The topological polar surface area (TPSA) is 29.1 Å². The lowest BCUT2D eigenvalue weighted by molar-refractivity contribution is -0.117. The van der Waals surface area contributed by atoms with E-state index >= 15 is 0 Å². The molecule has 0 aromatic carbocycles. The molecule has 2 aliphatic carbocycles. The maximum Gasteiger partial charge on any atom is 0.250 e. The fourth-order valence-corrected chi connectivity index (χ4v) is 1.58. The van der Waals surface area contributed by atoms with Crippen molar-refractivity contribution in [2.45, 2.75) is 19.0 Å². The molecule has 3 heteroatoms. The van der Waals surface area contributed by atoms with Crippen LogP contribution in [-0.2, 0) is 4.79 Å². The van der Waals surface area contributed by atoms with Crippen molar-refractivity contribution in [2.75, 3.05) is 6.54 Å². The number of carbonyl (C=O) groups is 1. The normalized spacial score (nSPS) is 34.9. The molecule has 2 unspecified atom stereocenters. The molecule has 2 aliphatic rings. The predicted molar refractivity (Wildman–Crippen MR) is 47.9 cm³/mol. The van der Waals surface area contributed by atoms with Crippen molar-refractivity contribution >= 4 is 5.91 Å². The van der Waals surface area contributed by atoms with Gasteiger partial charge in [-0.3, -0.25) is 4.79 Å². The van der Waals surface area contributed by atoms with E-state index in [1.165, 1.54) is 6.08 Å². The van der Waals surface area contributed by atoms with E-state index in [1.54, 1.807) is 12.2 Å². The maximum absolute atomic E-state index is 13.3. The highest BCUT2D eigenvalue weighted by molar-refractivity contribution is 5.96. The molecule has 0 aliphatic heterocycles. The van der Waals surface area contributed by atoms with Crippen LogP contribution >= 0.6 is 0 Å². The van der Waals surface area contributed by atoms with E-state index < -0.39 is 5.67 Å².